The minimum Gasteiger partial charge on any atom is -0.500 e. The molecule has 0 unspecified atom stereocenters. The third-order valence-corrected chi connectivity index (χ3v) is 2.44. The second kappa shape index (κ2) is 8.84. The molecule has 5 nitrogen and oxygen atoms in total. The summed E-state index contributed by atoms with van der Waals surface area (Å²) in [7, 11) is 0. The highest BCUT2D eigenvalue weighted by molar-refractivity contribution is 6.31. The van der Waals surface area contributed by atoms with Gasteiger partial charge in [0.15, 0.2) is 5.57 Å². The van der Waals surface area contributed by atoms with Gasteiger partial charge in [0.05, 0.1) is 6.61 Å². The molecule has 1 aromatic rings. The van der Waals surface area contributed by atoms with E-state index in [4.69, 9.17) is 27.7 Å². The Kier molecular flexibility index (Phi) is 7.82. The molecule has 0 saturated heterocycles. The van der Waals surface area contributed by atoms with E-state index in [9.17, 15) is 4.79 Å². The summed E-state index contributed by atoms with van der Waals surface area (Å²) < 4.78 is 4.58. The van der Waals surface area contributed by atoms with Crippen LogP contribution >= 0.6 is 11.6 Å². The first-order valence-electron chi connectivity index (χ1n) is 5.39. The molecule has 0 atom stereocenters. The summed E-state index contributed by atoms with van der Waals surface area (Å²) in [5.41, 5.74) is 6.86. The Hall–Kier alpha value is -2.19. The fourth-order valence-electron chi connectivity index (χ4n) is 0.915. The predicted octanol–water partition coefficient (Wildman–Crippen LogP) is 2.75. The number of anilines is 1. The Morgan fingerprint density at radius 3 is 2.63 bits per heavy atom. The van der Waals surface area contributed by atoms with Gasteiger partial charge in [-0.2, -0.15) is 5.26 Å². The van der Waals surface area contributed by atoms with Crippen LogP contribution in [-0.2, 0) is 9.53 Å². The van der Waals surface area contributed by atoms with Crippen LogP contribution in [0.2, 0.25) is 5.02 Å². The molecular formula is C13H15ClN2O3. The van der Waals surface area contributed by atoms with Gasteiger partial charge in [0.1, 0.15) is 12.3 Å². The van der Waals surface area contributed by atoms with Crippen molar-refractivity contribution in [2.24, 2.45) is 0 Å². The Morgan fingerprint density at radius 2 is 2.26 bits per heavy atom. The van der Waals surface area contributed by atoms with Gasteiger partial charge in [0.2, 0.25) is 0 Å². The van der Waals surface area contributed by atoms with E-state index in [0.29, 0.717) is 6.61 Å². The monoisotopic (exact) mass is 282 g/mol. The van der Waals surface area contributed by atoms with Crippen LogP contribution in [0, 0.1) is 18.3 Å². The van der Waals surface area contributed by atoms with E-state index in [0.717, 1.165) is 22.5 Å². The highest BCUT2D eigenvalue weighted by Crippen LogP contribution is 2.19. The lowest BCUT2D eigenvalue weighted by atomic mass is 10.2. The normalized spacial score (nSPS) is 9.89. The van der Waals surface area contributed by atoms with Crippen molar-refractivity contribution in [3.8, 4) is 6.07 Å². The lowest BCUT2D eigenvalue weighted by Crippen LogP contribution is -1.98. The number of halogens is 1. The Morgan fingerprint density at radius 1 is 1.63 bits per heavy atom. The fourth-order valence-corrected chi connectivity index (χ4v) is 1.10. The molecule has 0 heterocycles. The van der Waals surface area contributed by atoms with Crippen LogP contribution in [0.25, 0.3) is 0 Å². The molecule has 0 saturated carbocycles. The van der Waals surface area contributed by atoms with E-state index >= 15 is 0 Å². The topological polar surface area (TPSA) is 96.3 Å². The predicted molar refractivity (Wildman–Crippen MR) is 73.6 cm³/mol. The zero-order valence-electron chi connectivity index (χ0n) is 10.7. The number of carboxylic acid groups (broad SMARTS) is 1. The van der Waals surface area contributed by atoms with Crippen LogP contribution in [0.1, 0.15) is 12.5 Å². The van der Waals surface area contributed by atoms with E-state index < -0.39 is 5.97 Å². The van der Waals surface area contributed by atoms with Crippen LogP contribution in [-0.4, -0.2) is 17.7 Å². The summed E-state index contributed by atoms with van der Waals surface area (Å²) in [6.45, 7) is 3.96. The molecule has 0 aliphatic carbocycles. The fraction of sp³-hybridized carbons (Fsp3) is 0.231. The number of carboxylic acids is 1. The van der Waals surface area contributed by atoms with E-state index in [2.05, 4.69) is 4.74 Å². The summed E-state index contributed by atoms with van der Waals surface area (Å²) in [5.74, 6) is -1.27. The third-order valence-electron chi connectivity index (χ3n) is 2.03. The van der Waals surface area contributed by atoms with Crippen molar-refractivity contribution < 1.29 is 14.6 Å². The number of hydrogen-bond acceptors (Lipinski definition) is 4. The zero-order valence-corrected chi connectivity index (χ0v) is 11.4. The maximum atomic E-state index is 10.1. The third kappa shape index (κ3) is 6.34. The number of carbonyl (C=O) groups is 1. The first-order valence-corrected chi connectivity index (χ1v) is 5.77. The molecule has 0 aliphatic heterocycles. The molecule has 0 bridgehead atoms. The average molecular weight is 283 g/mol. The van der Waals surface area contributed by atoms with Crippen molar-refractivity contribution in [2.75, 3.05) is 12.3 Å². The SMILES string of the molecule is CCO/C=C(/C#N)C(=O)O.Cc1c(N)cccc1Cl. The second-order valence-corrected chi connectivity index (χ2v) is 3.77. The molecule has 0 aromatic heterocycles. The van der Waals surface area contributed by atoms with Gasteiger partial charge >= 0.3 is 5.97 Å². The number of ether oxygens (including phenoxy) is 1. The number of benzene rings is 1. The molecule has 102 valence electrons. The number of aliphatic carboxylic acids is 1. The molecule has 0 spiro atoms. The van der Waals surface area contributed by atoms with Gasteiger partial charge in [-0.15, -0.1) is 0 Å². The molecule has 0 fully saturated rings. The maximum absolute atomic E-state index is 10.1. The second-order valence-electron chi connectivity index (χ2n) is 3.36. The average Bonchev–Trinajstić information content (AvgIpc) is 2.37. The Balaban J connectivity index is 0.000000342. The number of nitrogen functional groups attached to an aromatic ring is 1. The van der Waals surface area contributed by atoms with Crippen molar-refractivity contribution in [3.63, 3.8) is 0 Å². The number of hydrogen-bond donors (Lipinski definition) is 2. The van der Waals surface area contributed by atoms with E-state index in [1.807, 2.05) is 25.1 Å². The van der Waals surface area contributed by atoms with Gasteiger partial charge in [0, 0.05) is 10.7 Å². The first-order chi connectivity index (χ1) is 8.93. The standard InChI is InChI=1S/C7H8ClN.C6H7NO3/c1-5-6(8)3-2-4-7(5)9;1-2-10-4-5(3-7)6(8)9/h2-4H,9H2,1H3;4H,2H2,1H3,(H,8,9)/b;5-4-. The molecule has 0 radical (unpaired) electrons. The quantitative estimate of drug-likeness (QED) is 0.384. The van der Waals surface area contributed by atoms with Gasteiger partial charge in [-0.25, -0.2) is 4.79 Å². The number of rotatable bonds is 3. The van der Waals surface area contributed by atoms with Gasteiger partial charge < -0.3 is 15.6 Å². The number of nitrogens with zero attached hydrogens (tertiary/aromatic N) is 1. The van der Waals surface area contributed by atoms with E-state index in [1.54, 1.807) is 6.92 Å². The van der Waals surface area contributed by atoms with Crippen LogP contribution < -0.4 is 5.73 Å². The number of nitrogens with two attached hydrogens (primary N) is 1. The molecular weight excluding hydrogens is 268 g/mol. The van der Waals surface area contributed by atoms with Crippen molar-refractivity contribution >= 4 is 23.3 Å². The highest BCUT2D eigenvalue weighted by Gasteiger charge is 2.04. The van der Waals surface area contributed by atoms with E-state index in [-0.39, 0.29) is 5.57 Å². The molecule has 1 aromatic carbocycles. The minimum atomic E-state index is -1.27. The first kappa shape index (κ1) is 16.8. The molecule has 3 N–H and O–H groups in total. The molecule has 1 rings (SSSR count). The molecule has 0 amide bonds. The maximum Gasteiger partial charge on any atom is 0.349 e. The Labute approximate surface area is 116 Å². The van der Waals surface area contributed by atoms with Gasteiger partial charge in [-0.05, 0) is 31.5 Å². The summed E-state index contributed by atoms with van der Waals surface area (Å²) in [6.07, 6.45) is 0.933. The lowest BCUT2D eigenvalue weighted by molar-refractivity contribution is -0.132. The van der Waals surface area contributed by atoms with Crippen molar-refractivity contribution in [2.45, 2.75) is 13.8 Å². The van der Waals surface area contributed by atoms with Crippen LogP contribution in [0.15, 0.2) is 30.0 Å². The van der Waals surface area contributed by atoms with Crippen LogP contribution in [0.3, 0.4) is 0 Å². The number of nitriles is 1. The van der Waals surface area contributed by atoms with Crippen molar-refractivity contribution in [1.29, 1.82) is 5.26 Å². The summed E-state index contributed by atoms with van der Waals surface area (Å²) in [5, 5.41) is 17.1. The smallest absolute Gasteiger partial charge is 0.349 e. The van der Waals surface area contributed by atoms with Gasteiger partial charge in [-0.3, -0.25) is 0 Å². The molecule has 6 heteroatoms. The largest absolute Gasteiger partial charge is 0.500 e. The van der Waals surface area contributed by atoms with Gasteiger partial charge in [-0.1, -0.05) is 17.7 Å². The lowest BCUT2D eigenvalue weighted by Gasteiger charge is -1.98. The molecule has 0 aliphatic rings. The summed E-state index contributed by atoms with van der Waals surface area (Å²) in [4.78, 5) is 10.1. The summed E-state index contributed by atoms with van der Waals surface area (Å²) >= 11 is 5.73. The highest BCUT2D eigenvalue weighted by atomic mass is 35.5. The summed E-state index contributed by atoms with van der Waals surface area (Å²) in [6, 6.07) is 6.97. The van der Waals surface area contributed by atoms with Crippen LogP contribution in [0.4, 0.5) is 5.69 Å². The van der Waals surface area contributed by atoms with Crippen molar-refractivity contribution in [1.82, 2.24) is 0 Å². The minimum absolute atomic E-state index is 0.360. The van der Waals surface area contributed by atoms with Crippen LogP contribution in [0.5, 0.6) is 0 Å². The van der Waals surface area contributed by atoms with Crippen molar-refractivity contribution in [3.05, 3.63) is 40.6 Å². The van der Waals surface area contributed by atoms with Gasteiger partial charge in [0.25, 0.3) is 0 Å². The Bertz CT molecular complexity index is 487. The zero-order chi connectivity index (χ0) is 14.8. The molecule has 19 heavy (non-hydrogen) atoms. The van der Waals surface area contributed by atoms with E-state index in [1.165, 1.54) is 6.07 Å².